The van der Waals surface area contributed by atoms with Crippen LogP contribution in [0.3, 0.4) is 0 Å². The number of aromatic nitrogens is 1. The zero-order valence-corrected chi connectivity index (χ0v) is 8.16. The van der Waals surface area contributed by atoms with Gasteiger partial charge in [-0.3, -0.25) is 4.98 Å². The normalized spacial score (nSPS) is 12.5. The highest BCUT2D eigenvalue weighted by atomic mass is 16.5. The number of methoxy groups -OCH3 is 1. The van der Waals surface area contributed by atoms with Crippen LogP contribution in [0.15, 0.2) is 18.5 Å². The lowest BCUT2D eigenvalue weighted by Gasteiger charge is -2.10. The number of ether oxygens (including phenoxy) is 1. The molecule has 0 saturated carbocycles. The Kier molecular flexibility index (Phi) is 3.71. The Balaban J connectivity index is 2.75. The molecule has 1 aromatic heterocycles. The summed E-state index contributed by atoms with van der Waals surface area (Å²) in [5, 5.41) is 0. The van der Waals surface area contributed by atoms with Gasteiger partial charge in [-0.2, -0.15) is 0 Å². The van der Waals surface area contributed by atoms with Gasteiger partial charge in [0.05, 0.1) is 13.3 Å². The number of nitrogens with zero attached hydrogens (tertiary/aromatic N) is 1. The number of rotatable bonds is 4. The fraction of sp³-hybridized carbons (Fsp3) is 0.500. The number of pyridine rings is 1. The fourth-order valence-corrected chi connectivity index (χ4v) is 1.23. The average molecular weight is 180 g/mol. The quantitative estimate of drug-likeness (QED) is 0.764. The number of hydrogen-bond donors (Lipinski definition) is 1. The molecule has 0 amide bonds. The fourth-order valence-electron chi connectivity index (χ4n) is 1.23. The summed E-state index contributed by atoms with van der Waals surface area (Å²) in [6.07, 6.45) is 4.55. The standard InChI is InChI=1S/C10H16N2O/c1-8(3-4-11)9-5-10(13-2)7-12-6-9/h5-8H,3-4,11H2,1-2H3. The molecule has 0 aliphatic carbocycles. The van der Waals surface area contributed by atoms with Crippen LogP contribution in [0.4, 0.5) is 0 Å². The molecule has 13 heavy (non-hydrogen) atoms. The predicted octanol–water partition coefficient (Wildman–Crippen LogP) is 1.54. The van der Waals surface area contributed by atoms with Gasteiger partial charge in [0.25, 0.3) is 0 Å². The Morgan fingerprint density at radius 3 is 2.92 bits per heavy atom. The molecule has 3 nitrogen and oxygen atoms in total. The molecule has 72 valence electrons. The zero-order chi connectivity index (χ0) is 9.68. The van der Waals surface area contributed by atoms with Crippen LogP contribution in [0.2, 0.25) is 0 Å². The van der Waals surface area contributed by atoms with Crippen LogP contribution in [0.5, 0.6) is 5.75 Å². The van der Waals surface area contributed by atoms with Gasteiger partial charge < -0.3 is 10.5 Å². The summed E-state index contributed by atoms with van der Waals surface area (Å²) in [5.41, 5.74) is 6.67. The van der Waals surface area contributed by atoms with Gasteiger partial charge >= 0.3 is 0 Å². The van der Waals surface area contributed by atoms with Crippen molar-refractivity contribution in [3.05, 3.63) is 24.0 Å². The minimum absolute atomic E-state index is 0.451. The maximum atomic E-state index is 5.49. The van der Waals surface area contributed by atoms with Crippen molar-refractivity contribution in [2.24, 2.45) is 5.73 Å². The molecule has 1 atom stereocenters. The van der Waals surface area contributed by atoms with Crippen LogP contribution in [-0.4, -0.2) is 18.6 Å². The lowest BCUT2D eigenvalue weighted by molar-refractivity contribution is 0.411. The molecule has 0 spiro atoms. The summed E-state index contributed by atoms with van der Waals surface area (Å²) < 4.78 is 5.09. The van der Waals surface area contributed by atoms with E-state index in [1.165, 1.54) is 5.56 Å². The molecule has 0 saturated heterocycles. The van der Waals surface area contributed by atoms with Gasteiger partial charge in [0.2, 0.25) is 0 Å². The van der Waals surface area contributed by atoms with E-state index in [1.807, 2.05) is 12.3 Å². The summed E-state index contributed by atoms with van der Waals surface area (Å²) in [6.45, 7) is 2.85. The first-order chi connectivity index (χ1) is 6.27. The van der Waals surface area contributed by atoms with E-state index < -0.39 is 0 Å². The molecular weight excluding hydrogens is 164 g/mol. The van der Waals surface area contributed by atoms with Crippen molar-refractivity contribution < 1.29 is 4.74 Å². The largest absolute Gasteiger partial charge is 0.495 e. The van der Waals surface area contributed by atoms with Crippen molar-refractivity contribution in [3.8, 4) is 5.75 Å². The second-order valence-electron chi connectivity index (χ2n) is 3.14. The monoisotopic (exact) mass is 180 g/mol. The van der Waals surface area contributed by atoms with Gasteiger partial charge in [-0.15, -0.1) is 0 Å². The molecule has 0 radical (unpaired) electrons. The van der Waals surface area contributed by atoms with Crippen LogP contribution in [-0.2, 0) is 0 Å². The van der Waals surface area contributed by atoms with Gasteiger partial charge in [0.15, 0.2) is 0 Å². The topological polar surface area (TPSA) is 48.1 Å². The SMILES string of the molecule is COc1cncc(C(C)CCN)c1. The molecule has 0 aliphatic rings. The van der Waals surface area contributed by atoms with Gasteiger partial charge in [-0.1, -0.05) is 6.92 Å². The predicted molar refractivity (Wildman–Crippen MR) is 52.9 cm³/mol. The highest BCUT2D eigenvalue weighted by molar-refractivity contribution is 5.25. The van der Waals surface area contributed by atoms with E-state index in [2.05, 4.69) is 11.9 Å². The summed E-state index contributed by atoms with van der Waals surface area (Å²) in [7, 11) is 1.65. The summed E-state index contributed by atoms with van der Waals surface area (Å²) in [4.78, 5) is 4.09. The lowest BCUT2D eigenvalue weighted by atomic mass is 10.00. The summed E-state index contributed by atoms with van der Waals surface area (Å²) in [5.74, 6) is 1.26. The Bertz CT molecular complexity index is 263. The van der Waals surface area contributed by atoms with E-state index in [0.29, 0.717) is 12.5 Å². The summed E-state index contributed by atoms with van der Waals surface area (Å²) in [6, 6.07) is 2.01. The third kappa shape index (κ3) is 2.70. The summed E-state index contributed by atoms with van der Waals surface area (Å²) >= 11 is 0. The highest BCUT2D eigenvalue weighted by Crippen LogP contribution is 2.20. The molecule has 1 unspecified atom stereocenters. The van der Waals surface area contributed by atoms with Crippen LogP contribution in [0.25, 0.3) is 0 Å². The van der Waals surface area contributed by atoms with Gasteiger partial charge in [0, 0.05) is 6.20 Å². The van der Waals surface area contributed by atoms with Crippen molar-refractivity contribution in [1.82, 2.24) is 4.98 Å². The second-order valence-corrected chi connectivity index (χ2v) is 3.14. The minimum atomic E-state index is 0.451. The van der Waals surface area contributed by atoms with E-state index >= 15 is 0 Å². The van der Waals surface area contributed by atoms with Crippen LogP contribution >= 0.6 is 0 Å². The third-order valence-corrected chi connectivity index (χ3v) is 2.14. The lowest BCUT2D eigenvalue weighted by Crippen LogP contribution is -2.04. The second kappa shape index (κ2) is 4.82. The smallest absolute Gasteiger partial charge is 0.137 e. The Hall–Kier alpha value is -1.09. The van der Waals surface area contributed by atoms with E-state index in [1.54, 1.807) is 13.3 Å². The molecule has 0 fully saturated rings. The number of hydrogen-bond acceptors (Lipinski definition) is 3. The first-order valence-electron chi connectivity index (χ1n) is 4.47. The van der Waals surface area contributed by atoms with Crippen molar-refractivity contribution in [2.45, 2.75) is 19.3 Å². The zero-order valence-electron chi connectivity index (χ0n) is 8.16. The van der Waals surface area contributed by atoms with Crippen molar-refractivity contribution in [3.63, 3.8) is 0 Å². The number of nitrogens with two attached hydrogens (primary N) is 1. The van der Waals surface area contributed by atoms with Gasteiger partial charge in [-0.05, 0) is 30.5 Å². The van der Waals surface area contributed by atoms with Crippen LogP contribution < -0.4 is 10.5 Å². The molecule has 0 aliphatic heterocycles. The highest BCUT2D eigenvalue weighted by Gasteiger charge is 2.05. The van der Waals surface area contributed by atoms with Gasteiger partial charge in [0.1, 0.15) is 5.75 Å². The maximum absolute atomic E-state index is 5.49. The van der Waals surface area contributed by atoms with Gasteiger partial charge in [-0.25, -0.2) is 0 Å². The van der Waals surface area contributed by atoms with Crippen molar-refractivity contribution in [1.29, 1.82) is 0 Å². The third-order valence-electron chi connectivity index (χ3n) is 2.14. The van der Waals surface area contributed by atoms with Crippen molar-refractivity contribution >= 4 is 0 Å². The molecule has 1 rings (SSSR count). The van der Waals surface area contributed by atoms with E-state index in [0.717, 1.165) is 12.2 Å². The molecule has 1 heterocycles. The Morgan fingerprint density at radius 2 is 2.31 bits per heavy atom. The molecule has 1 aromatic rings. The molecule has 0 bridgehead atoms. The Morgan fingerprint density at radius 1 is 1.54 bits per heavy atom. The Labute approximate surface area is 78.9 Å². The molecule has 3 heteroatoms. The molecule has 0 aromatic carbocycles. The minimum Gasteiger partial charge on any atom is -0.495 e. The van der Waals surface area contributed by atoms with E-state index in [9.17, 15) is 0 Å². The van der Waals surface area contributed by atoms with Crippen LogP contribution in [0.1, 0.15) is 24.8 Å². The first-order valence-corrected chi connectivity index (χ1v) is 4.47. The van der Waals surface area contributed by atoms with Crippen molar-refractivity contribution in [2.75, 3.05) is 13.7 Å². The van der Waals surface area contributed by atoms with E-state index in [-0.39, 0.29) is 0 Å². The molecular formula is C10H16N2O. The average Bonchev–Trinajstić information content (AvgIpc) is 2.18. The van der Waals surface area contributed by atoms with E-state index in [4.69, 9.17) is 10.5 Å². The van der Waals surface area contributed by atoms with Crippen LogP contribution in [0, 0.1) is 0 Å². The molecule has 2 N–H and O–H groups in total. The maximum Gasteiger partial charge on any atom is 0.137 e. The first kappa shape index (κ1) is 9.99.